The van der Waals surface area contributed by atoms with Crippen molar-refractivity contribution in [2.45, 2.75) is 52.4 Å². The maximum atomic E-state index is 12.5. The number of nitrogens with zero attached hydrogens (tertiary/aromatic N) is 2. The van der Waals surface area contributed by atoms with Gasteiger partial charge in [0, 0.05) is 12.4 Å². The van der Waals surface area contributed by atoms with E-state index in [9.17, 15) is 10.2 Å². The number of hydrogen-bond acceptors (Lipinski definition) is 4. The summed E-state index contributed by atoms with van der Waals surface area (Å²) in [6.07, 6.45) is 3.23. The molecule has 0 bridgehead atoms. The van der Waals surface area contributed by atoms with Gasteiger partial charge in [-0.15, -0.1) is 0 Å². The molecule has 1 radical (unpaired) electrons. The minimum absolute atomic E-state index is 0. The van der Waals surface area contributed by atoms with Gasteiger partial charge in [0.1, 0.15) is 0 Å². The van der Waals surface area contributed by atoms with Crippen molar-refractivity contribution in [2.24, 2.45) is 9.98 Å². The van der Waals surface area contributed by atoms with Gasteiger partial charge in [-0.25, -0.2) is 0 Å². The molecule has 0 saturated heterocycles. The minimum Gasteiger partial charge on any atom is -0.872 e. The van der Waals surface area contributed by atoms with E-state index < -0.39 is 0 Å². The van der Waals surface area contributed by atoms with Crippen molar-refractivity contribution >= 4 is 12.4 Å². The fourth-order valence-corrected chi connectivity index (χ4v) is 2.94. The Balaban J connectivity index is 0.00000420. The molecule has 0 amide bonds. The summed E-state index contributed by atoms with van der Waals surface area (Å²) in [6.45, 7) is 13.1. The third-order valence-electron chi connectivity index (χ3n) is 4.53. The van der Waals surface area contributed by atoms with Gasteiger partial charge in [-0.3, -0.25) is 9.98 Å². The molecule has 0 heterocycles. The monoisotopic (exact) mass is 437 g/mol. The summed E-state index contributed by atoms with van der Waals surface area (Å²) in [5.74, 6) is 0.0505. The van der Waals surface area contributed by atoms with E-state index in [0.29, 0.717) is 24.2 Å². The Morgan fingerprint density at radius 3 is 1.34 bits per heavy atom. The maximum Gasteiger partial charge on any atom is 2.00 e. The molecule has 5 heteroatoms. The van der Waals surface area contributed by atoms with Crippen LogP contribution in [0.1, 0.15) is 63.8 Å². The van der Waals surface area contributed by atoms with E-state index in [0.717, 1.165) is 11.1 Å². The third-order valence-corrected chi connectivity index (χ3v) is 4.53. The molecule has 4 nitrogen and oxygen atoms in total. The zero-order chi connectivity index (χ0) is 20.9. The van der Waals surface area contributed by atoms with E-state index in [1.165, 1.54) is 0 Å². The van der Waals surface area contributed by atoms with Crippen molar-refractivity contribution in [3.05, 3.63) is 58.7 Å². The molecule has 0 spiro atoms. The molecule has 2 aromatic carbocycles. The van der Waals surface area contributed by atoms with Crippen LogP contribution in [-0.2, 0) is 27.6 Å². The molecule has 0 unspecified atom stereocenters. The average Bonchev–Trinajstić information content (AvgIpc) is 2.58. The summed E-state index contributed by atoms with van der Waals surface area (Å²) in [4.78, 5) is 8.64. The number of aliphatic imine (C=N–C) groups is 2. The van der Waals surface area contributed by atoms with E-state index in [-0.39, 0.29) is 39.1 Å². The molecule has 0 N–H and O–H groups in total. The number of hydrogen-bond donors (Lipinski definition) is 0. The predicted octanol–water partition coefficient (Wildman–Crippen LogP) is 3.96. The Bertz CT molecular complexity index is 802. The summed E-state index contributed by atoms with van der Waals surface area (Å²) in [5, 5.41) is 25.0. The van der Waals surface area contributed by atoms with Gasteiger partial charge in [-0.05, 0) is 33.1 Å². The third kappa shape index (κ3) is 6.72. The van der Waals surface area contributed by atoms with Crippen LogP contribution in [0.4, 0.5) is 0 Å². The van der Waals surface area contributed by atoms with E-state index in [1.54, 1.807) is 24.6 Å². The average molecular weight is 437 g/mol. The van der Waals surface area contributed by atoms with E-state index in [4.69, 9.17) is 0 Å². The van der Waals surface area contributed by atoms with E-state index >= 15 is 0 Å². The quantitative estimate of drug-likeness (QED) is 0.525. The number of para-hydroxylation sites is 2. The van der Waals surface area contributed by atoms with Gasteiger partial charge in [-0.2, -0.15) is 0 Å². The van der Waals surface area contributed by atoms with Gasteiger partial charge in [0.25, 0.3) is 0 Å². The first-order valence-corrected chi connectivity index (χ1v) is 9.62. The summed E-state index contributed by atoms with van der Waals surface area (Å²) in [5.41, 5.74) is 2.38. The Hall–Kier alpha value is -2.11. The van der Waals surface area contributed by atoms with Gasteiger partial charge in [0.05, 0.1) is 13.1 Å². The molecule has 0 aliphatic carbocycles. The summed E-state index contributed by atoms with van der Waals surface area (Å²) >= 11 is 0. The van der Waals surface area contributed by atoms with E-state index in [1.807, 2.05) is 65.8 Å². The predicted molar refractivity (Wildman–Crippen MR) is 114 cm³/mol. The van der Waals surface area contributed by atoms with Gasteiger partial charge < -0.3 is 10.2 Å². The van der Waals surface area contributed by atoms with Crippen LogP contribution in [-0.4, -0.2) is 25.5 Å². The fourth-order valence-electron chi connectivity index (χ4n) is 2.94. The largest absolute Gasteiger partial charge is 2.00 e. The molecular formula is C24H30CoN2O2. The van der Waals surface area contributed by atoms with Crippen molar-refractivity contribution in [1.29, 1.82) is 0 Å². The number of benzene rings is 2. The maximum absolute atomic E-state index is 12.5. The SMILES string of the molecule is CC(C)(C)c1cccc(C=NCCN=Cc2cccc(C(C)(C)C)c2[O-])c1[O-].[Co+2]. The van der Waals surface area contributed by atoms with Gasteiger partial charge >= 0.3 is 16.8 Å². The molecule has 0 aromatic heterocycles. The molecular weight excluding hydrogens is 407 g/mol. The Morgan fingerprint density at radius 2 is 1.03 bits per heavy atom. The standard InChI is InChI=1S/C24H32N2O2.Co/c1-23(2,3)19-11-7-9-17(21(19)27)15-25-13-14-26-16-18-10-8-12-20(22(18)28)24(4,5)6;/h7-12,15-16,27-28H,13-14H2,1-6H3;/q;+2/p-2. The Kier molecular flexibility index (Phi) is 8.66. The van der Waals surface area contributed by atoms with Crippen LogP contribution in [0, 0.1) is 0 Å². The Morgan fingerprint density at radius 1 is 0.690 bits per heavy atom. The van der Waals surface area contributed by atoms with Crippen LogP contribution in [0.15, 0.2) is 46.4 Å². The zero-order valence-electron chi connectivity index (χ0n) is 18.1. The van der Waals surface area contributed by atoms with Crippen LogP contribution in [0.2, 0.25) is 0 Å². The summed E-state index contributed by atoms with van der Waals surface area (Å²) in [7, 11) is 0. The summed E-state index contributed by atoms with van der Waals surface area (Å²) < 4.78 is 0. The molecule has 2 aromatic rings. The van der Waals surface area contributed by atoms with E-state index in [2.05, 4.69) is 9.98 Å². The second kappa shape index (κ2) is 10.1. The zero-order valence-corrected chi connectivity index (χ0v) is 19.1. The topological polar surface area (TPSA) is 70.8 Å². The van der Waals surface area contributed by atoms with Crippen LogP contribution in [0.5, 0.6) is 11.5 Å². The van der Waals surface area contributed by atoms with Gasteiger partial charge in [-0.1, -0.05) is 89.4 Å². The van der Waals surface area contributed by atoms with Crippen molar-refractivity contribution < 1.29 is 27.0 Å². The first-order chi connectivity index (χ1) is 13.0. The van der Waals surface area contributed by atoms with Crippen LogP contribution in [0.25, 0.3) is 0 Å². The van der Waals surface area contributed by atoms with Crippen molar-refractivity contribution in [3.63, 3.8) is 0 Å². The molecule has 0 fully saturated rings. The molecule has 2 rings (SSSR count). The van der Waals surface area contributed by atoms with Gasteiger partial charge in [0.15, 0.2) is 0 Å². The molecule has 0 saturated carbocycles. The summed E-state index contributed by atoms with van der Waals surface area (Å²) in [6, 6.07) is 11.1. The molecule has 157 valence electrons. The van der Waals surface area contributed by atoms with Crippen LogP contribution >= 0.6 is 0 Å². The first kappa shape index (κ1) is 24.9. The first-order valence-electron chi connectivity index (χ1n) is 9.62. The van der Waals surface area contributed by atoms with Crippen molar-refractivity contribution in [3.8, 4) is 11.5 Å². The van der Waals surface area contributed by atoms with Crippen LogP contribution in [0.3, 0.4) is 0 Å². The Labute approximate surface area is 185 Å². The van der Waals surface area contributed by atoms with Crippen LogP contribution < -0.4 is 10.2 Å². The molecule has 29 heavy (non-hydrogen) atoms. The second-order valence-corrected chi connectivity index (χ2v) is 9.02. The number of rotatable bonds is 5. The minimum atomic E-state index is -0.192. The van der Waals surface area contributed by atoms with Gasteiger partial charge in [0.2, 0.25) is 0 Å². The normalized spacial score (nSPS) is 12.5. The molecule has 0 aliphatic heterocycles. The second-order valence-electron chi connectivity index (χ2n) is 9.02. The molecule has 0 aliphatic rings. The molecule has 0 atom stereocenters. The smallest absolute Gasteiger partial charge is 0.872 e. The van der Waals surface area contributed by atoms with Crippen molar-refractivity contribution in [1.82, 2.24) is 0 Å². The van der Waals surface area contributed by atoms with Crippen molar-refractivity contribution in [2.75, 3.05) is 13.1 Å². The fraction of sp³-hybridized carbons (Fsp3) is 0.417.